The van der Waals surface area contributed by atoms with Crippen LogP contribution in [0.4, 0.5) is 4.79 Å². The van der Waals surface area contributed by atoms with Gasteiger partial charge in [0.25, 0.3) is 0 Å². The Morgan fingerprint density at radius 1 is 1.07 bits per heavy atom. The predicted octanol–water partition coefficient (Wildman–Crippen LogP) is 2.59. The molecule has 0 atom stereocenters. The van der Waals surface area contributed by atoms with E-state index in [1.807, 2.05) is 52.0 Å². The number of benzene rings is 1. The van der Waals surface area contributed by atoms with Crippen LogP contribution in [-0.4, -0.2) is 66.3 Å². The minimum atomic E-state index is -0.588. The van der Waals surface area contributed by atoms with Crippen LogP contribution >= 0.6 is 0 Å². The molecule has 0 aromatic heterocycles. The van der Waals surface area contributed by atoms with Crippen LogP contribution in [0.1, 0.15) is 48.5 Å². The zero-order valence-electron chi connectivity index (χ0n) is 18.7. The van der Waals surface area contributed by atoms with E-state index in [0.29, 0.717) is 12.3 Å². The largest absolute Gasteiger partial charge is 0.494 e. The number of hydrogen-bond acceptors (Lipinski definition) is 6. The summed E-state index contributed by atoms with van der Waals surface area (Å²) in [6, 6.07) is 7.53. The molecule has 1 heterocycles. The van der Waals surface area contributed by atoms with Gasteiger partial charge in [0.05, 0.1) is 24.4 Å². The first-order valence-electron chi connectivity index (χ1n) is 10.0. The predicted molar refractivity (Wildman–Crippen MR) is 113 cm³/mol. The Morgan fingerprint density at radius 3 is 2.10 bits per heavy atom. The van der Waals surface area contributed by atoms with Crippen molar-refractivity contribution in [1.82, 2.24) is 4.90 Å². The van der Waals surface area contributed by atoms with E-state index in [4.69, 9.17) is 18.8 Å². The van der Waals surface area contributed by atoms with Crippen LogP contribution in [0.15, 0.2) is 24.3 Å². The van der Waals surface area contributed by atoms with E-state index < -0.39 is 18.8 Å². The molecule has 162 valence electrons. The quantitative estimate of drug-likeness (QED) is 0.701. The zero-order chi connectivity index (χ0) is 21.9. The van der Waals surface area contributed by atoms with Crippen LogP contribution in [0.3, 0.4) is 0 Å². The van der Waals surface area contributed by atoms with Gasteiger partial charge in [-0.15, -0.1) is 0 Å². The number of aliphatic hydroxyl groups excluding tert-OH is 1. The van der Waals surface area contributed by atoms with Crippen LogP contribution in [0.5, 0.6) is 5.75 Å². The molecule has 0 spiro atoms. The number of aliphatic hydroxyl groups is 1. The maximum Gasteiger partial charge on any atom is 0.494 e. The van der Waals surface area contributed by atoms with Crippen molar-refractivity contribution < 1.29 is 28.7 Å². The van der Waals surface area contributed by atoms with Crippen LogP contribution in [0.25, 0.3) is 0 Å². The first kappa shape index (κ1) is 23.5. The summed E-state index contributed by atoms with van der Waals surface area (Å²) in [6.45, 7) is 14.2. The molecular weight excluding hydrogens is 373 g/mol. The molecule has 1 saturated heterocycles. The molecule has 0 aliphatic carbocycles. The average molecular weight is 407 g/mol. The first-order valence-corrected chi connectivity index (χ1v) is 10.0. The number of rotatable bonds is 7. The van der Waals surface area contributed by atoms with Crippen molar-refractivity contribution >= 4 is 18.7 Å². The molecule has 7 nitrogen and oxygen atoms in total. The molecule has 1 aliphatic rings. The van der Waals surface area contributed by atoms with Crippen molar-refractivity contribution in [1.29, 1.82) is 0 Å². The van der Waals surface area contributed by atoms with Gasteiger partial charge < -0.3 is 28.8 Å². The standard InChI is InChI=1S/C21H34BNO6/c1-19(2,3)27-18(25)23(12-14-24)13-15-26-17-10-8-16(9-11-17)22-28-20(4,5)21(6,7)29-22/h8-11,24H,12-15H2,1-7H3. The summed E-state index contributed by atoms with van der Waals surface area (Å²) in [6.07, 6.45) is -0.466. The molecule has 0 bridgehead atoms. The Balaban J connectivity index is 1.89. The number of ether oxygens (including phenoxy) is 2. The molecule has 1 amide bonds. The molecule has 1 aliphatic heterocycles. The van der Waals surface area contributed by atoms with Crippen LogP contribution < -0.4 is 10.2 Å². The monoisotopic (exact) mass is 407 g/mol. The van der Waals surface area contributed by atoms with E-state index in [2.05, 4.69) is 0 Å². The van der Waals surface area contributed by atoms with Crippen molar-refractivity contribution in [3.8, 4) is 5.75 Å². The van der Waals surface area contributed by atoms with Gasteiger partial charge in [0, 0.05) is 6.54 Å². The lowest BCUT2D eigenvalue weighted by Gasteiger charge is -2.32. The zero-order valence-corrected chi connectivity index (χ0v) is 18.7. The summed E-state index contributed by atoms with van der Waals surface area (Å²) in [4.78, 5) is 13.6. The Bertz CT molecular complexity index is 667. The highest BCUT2D eigenvalue weighted by Gasteiger charge is 2.51. The van der Waals surface area contributed by atoms with Gasteiger partial charge >= 0.3 is 13.2 Å². The first-order chi connectivity index (χ1) is 13.3. The fraction of sp³-hybridized carbons (Fsp3) is 0.667. The summed E-state index contributed by atoms with van der Waals surface area (Å²) >= 11 is 0. The molecule has 0 radical (unpaired) electrons. The Labute approximate surface area is 174 Å². The van der Waals surface area contributed by atoms with Gasteiger partial charge in [-0.25, -0.2) is 4.79 Å². The SMILES string of the molecule is CC(C)(C)OC(=O)N(CCO)CCOc1ccc(B2OC(C)(C)C(C)(C)O2)cc1. The highest BCUT2D eigenvalue weighted by molar-refractivity contribution is 6.62. The Kier molecular flexibility index (Phi) is 7.25. The fourth-order valence-electron chi connectivity index (χ4n) is 2.72. The van der Waals surface area contributed by atoms with Crippen LogP contribution in [0.2, 0.25) is 0 Å². The van der Waals surface area contributed by atoms with E-state index in [9.17, 15) is 9.90 Å². The molecule has 0 saturated carbocycles. The van der Waals surface area contributed by atoms with E-state index in [-0.39, 0.29) is 31.0 Å². The highest BCUT2D eigenvalue weighted by atomic mass is 16.7. The molecule has 1 aromatic carbocycles. The summed E-state index contributed by atoms with van der Waals surface area (Å²) in [5.74, 6) is 0.679. The number of amides is 1. The fourth-order valence-corrected chi connectivity index (χ4v) is 2.72. The number of hydrogen-bond donors (Lipinski definition) is 1. The third-order valence-electron chi connectivity index (χ3n) is 5.06. The second-order valence-corrected chi connectivity index (χ2v) is 9.20. The van der Waals surface area contributed by atoms with Crippen LogP contribution in [-0.2, 0) is 14.0 Å². The van der Waals surface area contributed by atoms with E-state index in [1.165, 1.54) is 4.90 Å². The minimum Gasteiger partial charge on any atom is -0.492 e. The van der Waals surface area contributed by atoms with Gasteiger partial charge in [0.2, 0.25) is 0 Å². The lowest BCUT2D eigenvalue weighted by atomic mass is 9.79. The number of nitrogens with zero attached hydrogens (tertiary/aromatic N) is 1. The van der Waals surface area contributed by atoms with Gasteiger partial charge in [-0.1, -0.05) is 12.1 Å². The second-order valence-electron chi connectivity index (χ2n) is 9.20. The summed E-state index contributed by atoms with van der Waals surface area (Å²) in [5.41, 5.74) is -0.434. The van der Waals surface area contributed by atoms with Crippen LogP contribution in [0, 0.1) is 0 Å². The number of carbonyl (C=O) groups excluding carboxylic acids is 1. The van der Waals surface area contributed by atoms with E-state index >= 15 is 0 Å². The molecule has 2 rings (SSSR count). The van der Waals surface area contributed by atoms with E-state index in [0.717, 1.165) is 5.46 Å². The van der Waals surface area contributed by atoms with Crippen molar-refractivity contribution in [3.05, 3.63) is 24.3 Å². The third kappa shape index (κ3) is 6.36. The normalized spacial score (nSPS) is 17.9. The summed E-state index contributed by atoms with van der Waals surface area (Å²) < 4.78 is 23.2. The third-order valence-corrected chi connectivity index (χ3v) is 5.06. The van der Waals surface area contributed by atoms with Gasteiger partial charge in [0.1, 0.15) is 18.0 Å². The van der Waals surface area contributed by atoms with Crippen molar-refractivity contribution in [2.75, 3.05) is 26.3 Å². The lowest BCUT2D eigenvalue weighted by molar-refractivity contribution is 0.00578. The van der Waals surface area contributed by atoms with Gasteiger partial charge in [-0.05, 0) is 66.1 Å². The van der Waals surface area contributed by atoms with Gasteiger partial charge in [-0.3, -0.25) is 0 Å². The smallest absolute Gasteiger partial charge is 0.492 e. The topological polar surface area (TPSA) is 77.5 Å². The molecule has 1 N–H and O–H groups in total. The maximum atomic E-state index is 12.2. The second kappa shape index (κ2) is 8.94. The Morgan fingerprint density at radius 2 is 1.62 bits per heavy atom. The van der Waals surface area contributed by atoms with Crippen molar-refractivity contribution in [3.63, 3.8) is 0 Å². The lowest BCUT2D eigenvalue weighted by Crippen LogP contribution is -2.41. The Hall–Kier alpha value is -1.77. The van der Waals surface area contributed by atoms with Gasteiger partial charge in [0.15, 0.2) is 0 Å². The molecule has 1 aromatic rings. The summed E-state index contributed by atoms with van der Waals surface area (Å²) in [5, 5.41) is 9.19. The average Bonchev–Trinajstić information content (AvgIpc) is 2.81. The summed E-state index contributed by atoms with van der Waals surface area (Å²) in [7, 11) is -0.415. The number of carbonyl (C=O) groups is 1. The molecular formula is C21H34BNO6. The molecule has 29 heavy (non-hydrogen) atoms. The van der Waals surface area contributed by atoms with E-state index in [1.54, 1.807) is 20.8 Å². The minimum absolute atomic E-state index is 0.137. The highest BCUT2D eigenvalue weighted by Crippen LogP contribution is 2.36. The van der Waals surface area contributed by atoms with Gasteiger partial charge in [-0.2, -0.15) is 0 Å². The van der Waals surface area contributed by atoms with Crippen molar-refractivity contribution in [2.24, 2.45) is 0 Å². The van der Waals surface area contributed by atoms with Crippen molar-refractivity contribution in [2.45, 2.75) is 65.3 Å². The molecule has 8 heteroatoms. The maximum absolute atomic E-state index is 12.2. The molecule has 1 fully saturated rings. The molecule has 0 unspecified atom stereocenters.